The van der Waals surface area contributed by atoms with Crippen molar-refractivity contribution in [1.82, 2.24) is 5.32 Å². The third-order valence-electron chi connectivity index (χ3n) is 3.75. The van der Waals surface area contributed by atoms with Crippen LogP contribution in [0.25, 0.3) is 0 Å². The average Bonchev–Trinajstić information content (AvgIpc) is 3.00. The SMILES string of the molecule is COC(=O)[C@H](CCC(=O)CC=C1CCCC1)NC(=O)OC(C)(C)C. The van der Waals surface area contributed by atoms with Crippen molar-refractivity contribution in [3.8, 4) is 0 Å². The van der Waals surface area contributed by atoms with Crippen LogP contribution in [0.1, 0.15) is 65.7 Å². The smallest absolute Gasteiger partial charge is 0.408 e. The zero-order valence-electron chi connectivity index (χ0n) is 15.1. The average molecular weight is 339 g/mol. The first-order valence-electron chi connectivity index (χ1n) is 8.48. The molecule has 1 fully saturated rings. The standard InChI is InChI=1S/C18H29NO5/c1-18(2,3)24-17(22)19-15(16(21)23-4)12-11-14(20)10-9-13-7-5-6-8-13/h9,15H,5-8,10-12H2,1-4H3,(H,19,22)/t15-/m0/s1. The monoisotopic (exact) mass is 339 g/mol. The summed E-state index contributed by atoms with van der Waals surface area (Å²) in [5.41, 5.74) is 0.688. The molecule has 0 saturated heterocycles. The molecule has 1 aliphatic carbocycles. The highest BCUT2D eigenvalue weighted by atomic mass is 16.6. The summed E-state index contributed by atoms with van der Waals surface area (Å²) < 4.78 is 9.82. The number of carbonyl (C=O) groups excluding carboxylic acids is 3. The molecule has 24 heavy (non-hydrogen) atoms. The largest absolute Gasteiger partial charge is 0.467 e. The Labute approximate surface area is 144 Å². The normalized spacial score (nSPS) is 15.6. The Morgan fingerprint density at radius 3 is 2.38 bits per heavy atom. The van der Waals surface area contributed by atoms with Crippen molar-refractivity contribution < 1.29 is 23.9 Å². The van der Waals surface area contributed by atoms with Crippen LogP contribution in [-0.4, -0.2) is 36.6 Å². The Hall–Kier alpha value is -1.85. The molecule has 1 N–H and O–H groups in total. The molecular weight excluding hydrogens is 310 g/mol. The fourth-order valence-electron chi connectivity index (χ4n) is 2.54. The Morgan fingerprint density at radius 1 is 1.21 bits per heavy atom. The maximum absolute atomic E-state index is 12.0. The number of esters is 1. The fraction of sp³-hybridized carbons (Fsp3) is 0.722. The van der Waals surface area contributed by atoms with Crippen molar-refractivity contribution in [2.45, 2.75) is 77.4 Å². The summed E-state index contributed by atoms with van der Waals surface area (Å²) in [6.07, 6.45) is 6.66. The van der Waals surface area contributed by atoms with Crippen LogP contribution in [-0.2, 0) is 19.1 Å². The number of alkyl carbamates (subject to hydrolysis) is 1. The Kier molecular flexibility index (Phi) is 7.95. The van der Waals surface area contributed by atoms with E-state index in [-0.39, 0.29) is 18.6 Å². The topological polar surface area (TPSA) is 81.7 Å². The Balaban J connectivity index is 2.47. The quantitative estimate of drug-likeness (QED) is 0.568. The van der Waals surface area contributed by atoms with Crippen molar-refractivity contribution >= 4 is 17.8 Å². The molecule has 1 aliphatic rings. The molecule has 0 bridgehead atoms. The molecule has 1 atom stereocenters. The van der Waals surface area contributed by atoms with Crippen LogP contribution in [0.15, 0.2) is 11.6 Å². The Morgan fingerprint density at radius 2 is 1.83 bits per heavy atom. The summed E-state index contributed by atoms with van der Waals surface area (Å²) in [6, 6.07) is -0.882. The molecule has 6 heteroatoms. The number of hydrogen-bond donors (Lipinski definition) is 1. The van der Waals surface area contributed by atoms with Gasteiger partial charge in [0.1, 0.15) is 17.4 Å². The lowest BCUT2D eigenvalue weighted by atomic mass is 10.1. The molecule has 0 heterocycles. The third-order valence-corrected chi connectivity index (χ3v) is 3.75. The summed E-state index contributed by atoms with van der Waals surface area (Å²) in [5, 5.41) is 2.47. The first-order chi connectivity index (χ1) is 11.2. The number of methoxy groups -OCH3 is 1. The molecule has 0 unspecified atom stereocenters. The van der Waals surface area contributed by atoms with Crippen LogP contribution in [0.5, 0.6) is 0 Å². The molecule has 6 nitrogen and oxygen atoms in total. The van der Waals surface area contributed by atoms with E-state index in [1.807, 2.05) is 6.08 Å². The lowest BCUT2D eigenvalue weighted by molar-refractivity contribution is -0.143. The van der Waals surface area contributed by atoms with Gasteiger partial charge in [-0.3, -0.25) is 4.79 Å². The highest BCUT2D eigenvalue weighted by Gasteiger charge is 2.25. The highest BCUT2D eigenvalue weighted by Crippen LogP contribution is 2.24. The van der Waals surface area contributed by atoms with Gasteiger partial charge in [-0.2, -0.15) is 0 Å². The van der Waals surface area contributed by atoms with Crippen LogP contribution in [0.2, 0.25) is 0 Å². The van der Waals surface area contributed by atoms with E-state index in [0.29, 0.717) is 6.42 Å². The van der Waals surface area contributed by atoms with Crippen LogP contribution < -0.4 is 5.32 Å². The summed E-state index contributed by atoms with van der Waals surface area (Å²) in [5.74, 6) is -0.530. The maximum Gasteiger partial charge on any atom is 0.408 e. The van der Waals surface area contributed by atoms with E-state index in [0.717, 1.165) is 12.8 Å². The van der Waals surface area contributed by atoms with Gasteiger partial charge in [-0.15, -0.1) is 0 Å². The molecule has 1 saturated carbocycles. The lowest BCUT2D eigenvalue weighted by Crippen LogP contribution is -2.44. The number of allylic oxidation sites excluding steroid dienone is 2. The molecule has 0 aromatic heterocycles. The molecule has 0 aliphatic heterocycles. The predicted octanol–water partition coefficient (Wildman–Crippen LogP) is 3.29. The molecule has 136 valence electrons. The van der Waals surface area contributed by atoms with E-state index in [4.69, 9.17) is 4.74 Å². The van der Waals surface area contributed by atoms with Gasteiger partial charge in [0.2, 0.25) is 0 Å². The summed E-state index contributed by atoms with van der Waals surface area (Å²) in [7, 11) is 1.25. The van der Waals surface area contributed by atoms with E-state index in [2.05, 4.69) is 10.1 Å². The van der Waals surface area contributed by atoms with Crippen LogP contribution >= 0.6 is 0 Å². The second kappa shape index (κ2) is 9.45. The first-order valence-corrected chi connectivity index (χ1v) is 8.48. The molecular formula is C18H29NO5. The third kappa shape index (κ3) is 8.13. The number of rotatable bonds is 7. The van der Waals surface area contributed by atoms with Gasteiger partial charge in [-0.05, 0) is 52.9 Å². The number of amides is 1. The van der Waals surface area contributed by atoms with Crippen molar-refractivity contribution in [2.24, 2.45) is 0 Å². The van der Waals surface area contributed by atoms with Crippen LogP contribution in [0, 0.1) is 0 Å². The minimum absolute atomic E-state index is 0.0503. The number of Topliss-reactive ketones (excluding diaryl/α,β-unsaturated/α-hetero) is 1. The zero-order valence-corrected chi connectivity index (χ0v) is 15.1. The Bertz CT molecular complexity index is 482. The summed E-state index contributed by atoms with van der Waals surface area (Å²) in [4.78, 5) is 35.6. The van der Waals surface area contributed by atoms with Crippen molar-refractivity contribution in [2.75, 3.05) is 7.11 Å². The van der Waals surface area contributed by atoms with Crippen LogP contribution in [0.4, 0.5) is 4.79 Å². The first kappa shape index (κ1) is 20.2. The predicted molar refractivity (Wildman–Crippen MR) is 90.6 cm³/mol. The molecule has 0 radical (unpaired) electrons. The van der Waals surface area contributed by atoms with E-state index in [9.17, 15) is 14.4 Å². The molecule has 1 rings (SSSR count). The fourth-order valence-corrected chi connectivity index (χ4v) is 2.54. The number of ketones is 1. The van der Waals surface area contributed by atoms with Gasteiger partial charge in [0, 0.05) is 12.8 Å². The minimum Gasteiger partial charge on any atom is -0.467 e. The van der Waals surface area contributed by atoms with Gasteiger partial charge >= 0.3 is 12.1 Å². The summed E-state index contributed by atoms with van der Waals surface area (Å²) >= 11 is 0. The highest BCUT2D eigenvalue weighted by molar-refractivity contribution is 5.84. The maximum atomic E-state index is 12.0. The molecule has 0 aromatic carbocycles. The number of carbonyl (C=O) groups is 3. The summed E-state index contributed by atoms with van der Waals surface area (Å²) in [6.45, 7) is 5.21. The van der Waals surface area contributed by atoms with E-state index in [1.54, 1.807) is 20.8 Å². The second-order valence-corrected chi connectivity index (χ2v) is 7.07. The minimum atomic E-state index is -0.882. The van der Waals surface area contributed by atoms with Gasteiger partial charge in [0.15, 0.2) is 0 Å². The van der Waals surface area contributed by atoms with Crippen molar-refractivity contribution in [3.63, 3.8) is 0 Å². The van der Waals surface area contributed by atoms with Crippen molar-refractivity contribution in [3.05, 3.63) is 11.6 Å². The van der Waals surface area contributed by atoms with E-state index in [1.165, 1.54) is 25.5 Å². The van der Waals surface area contributed by atoms with Gasteiger partial charge in [-0.1, -0.05) is 11.6 Å². The van der Waals surface area contributed by atoms with Gasteiger partial charge < -0.3 is 14.8 Å². The lowest BCUT2D eigenvalue weighted by Gasteiger charge is -2.22. The number of nitrogens with one attached hydrogen (secondary N) is 1. The van der Waals surface area contributed by atoms with Gasteiger partial charge in [-0.25, -0.2) is 9.59 Å². The van der Waals surface area contributed by atoms with Gasteiger partial charge in [0.25, 0.3) is 0 Å². The number of hydrogen-bond acceptors (Lipinski definition) is 5. The molecule has 0 spiro atoms. The molecule has 1 amide bonds. The van der Waals surface area contributed by atoms with Crippen LogP contribution in [0.3, 0.4) is 0 Å². The van der Waals surface area contributed by atoms with Gasteiger partial charge in [0.05, 0.1) is 7.11 Å². The zero-order chi connectivity index (χ0) is 18.2. The second-order valence-electron chi connectivity index (χ2n) is 7.07. The van der Waals surface area contributed by atoms with Crippen molar-refractivity contribution in [1.29, 1.82) is 0 Å². The molecule has 0 aromatic rings. The number of ether oxygens (including phenoxy) is 2. The van der Waals surface area contributed by atoms with E-state index < -0.39 is 23.7 Å². The van der Waals surface area contributed by atoms with E-state index >= 15 is 0 Å².